The molecule has 0 aliphatic carbocycles. The van der Waals surface area contributed by atoms with Crippen molar-refractivity contribution >= 4 is 11.5 Å². The fraction of sp³-hybridized carbons (Fsp3) is 0.583. The highest BCUT2D eigenvalue weighted by atomic mass is 16.6. The van der Waals surface area contributed by atoms with Crippen molar-refractivity contribution in [2.75, 3.05) is 24.7 Å². The lowest BCUT2D eigenvalue weighted by molar-refractivity contribution is -0.384. The fourth-order valence-corrected chi connectivity index (χ4v) is 2.27. The molecule has 1 N–H and O–H groups in total. The van der Waals surface area contributed by atoms with Gasteiger partial charge in [0.25, 0.3) is 0 Å². The van der Waals surface area contributed by atoms with Crippen LogP contribution < -0.4 is 4.90 Å². The van der Waals surface area contributed by atoms with Crippen molar-refractivity contribution in [1.82, 2.24) is 4.98 Å². The van der Waals surface area contributed by atoms with Crippen LogP contribution in [0.25, 0.3) is 0 Å². The van der Waals surface area contributed by atoms with Crippen molar-refractivity contribution < 1.29 is 14.8 Å². The Bertz CT molecular complexity index is 452. The van der Waals surface area contributed by atoms with Crippen molar-refractivity contribution in [3.05, 3.63) is 28.4 Å². The molecular formula is C12H17N3O4. The maximum absolute atomic E-state index is 11.1. The first kappa shape index (κ1) is 13.7. The molecule has 1 aromatic heterocycles. The molecule has 1 aliphatic rings. The third-order valence-corrected chi connectivity index (χ3v) is 3.08. The number of nitrogens with zero attached hydrogens (tertiary/aromatic N) is 3. The van der Waals surface area contributed by atoms with Crippen LogP contribution in [0.2, 0.25) is 0 Å². The van der Waals surface area contributed by atoms with Gasteiger partial charge in [0.2, 0.25) is 5.82 Å². The zero-order valence-electron chi connectivity index (χ0n) is 10.7. The van der Waals surface area contributed by atoms with Gasteiger partial charge in [0.1, 0.15) is 0 Å². The smallest absolute Gasteiger partial charge is 0.311 e. The van der Waals surface area contributed by atoms with Crippen molar-refractivity contribution in [3.8, 4) is 0 Å². The fourth-order valence-electron chi connectivity index (χ4n) is 2.27. The molecule has 104 valence electrons. The third kappa shape index (κ3) is 3.18. The van der Waals surface area contributed by atoms with Crippen LogP contribution in [0.1, 0.15) is 13.3 Å². The van der Waals surface area contributed by atoms with Gasteiger partial charge in [0, 0.05) is 18.8 Å². The number of rotatable bonds is 4. The van der Waals surface area contributed by atoms with E-state index in [1.54, 1.807) is 13.0 Å². The standard InChI is InChI=1S/C12H17N3O4/c1-9(16)7-10-8-19-6-5-14(10)12-11(15(17)18)3-2-4-13-12/h2-4,9-10,16H,5-8H2,1H3. The molecule has 2 unspecified atom stereocenters. The Kier molecular flexibility index (Phi) is 4.28. The summed E-state index contributed by atoms with van der Waals surface area (Å²) in [5.41, 5.74) is -0.0139. The molecule has 0 spiro atoms. The number of pyridine rings is 1. The minimum absolute atomic E-state index is 0.0139. The largest absolute Gasteiger partial charge is 0.393 e. The average molecular weight is 267 g/mol. The minimum atomic E-state index is -0.489. The second-order valence-electron chi connectivity index (χ2n) is 4.61. The molecule has 0 saturated carbocycles. The molecule has 0 radical (unpaired) electrons. The van der Waals surface area contributed by atoms with Gasteiger partial charge in [-0.1, -0.05) is 0 Å². The Balaban J connectivity index is 2.29. The number of ether oxygens (including phenoxy) is 1. The van der Waals surface area contributed by atoms with Gasteiger partial charge in [-0.3, -0.25) is 10.1 Å². The second-order valence-corrected chi connectivity index (χ2v) is 4.61. The normalized spacial score (nSPS) is 21.2. The van der Waals surface area contributed by atoms with Gasteiger partial charge in [-0.25, -0.2) is 4.98 Å². The molecule has 2 heterocycles. The van der Waals surface area contributed by atoms with Gasteiger partial charge in [0.15, 0.2) is 0 Å². The first-order valence-electron chi connectivity index (χ1n) is 6.21. The van der Waals surface area contributed by atoms with Gasteiger partial charge >= 0.3 is 5.69 Å². The van der Waals surface area contributed by atoms with Crippen LogP contribution in [0.3, 0.4) is 0 Å². The molecular weight excluding hydrogens is 250 g/mol. The summed E-state index contributed by atoms with van der Waals surface area (Å²) in [6, 6.07) is 2.89. The summed E-state index contributed by atoms with van der Waals surface area (Å²) in [6.07, 6.45) is 1.54. The predicted octanol–water partition coefficient (Wildman–Crippen LogP) is 0.966. The van der Waals surface area contributed by atoms with Crippen LogP contribution in [0, 0.1) is 10.1 Å². The van der Waals surface area contributed by atoms with E-state index in [-0.39, 0.29) is 11.7 Å². The topological polar surface area (TPSA) is 88.7 Å². The minimum Gasteiger partial charge on any atom is -0.393 e. The highest BCUT2D eigenvalue weighted by Gasteiger charge is 2.30. The lowest BCUT2D eigenvalue weighted by Crippen LogP contribution is -2.47. The summed E-state index contributed by atoms with van der Waals surface area (Å²) in [5.74, 6) is 0.349. The molecule has 2 atom stereocenters. The average Bonchev–Trinajstić information content (AvgIpc) is 2.38. The zero-order chi connectivity index (χ0) is 13.8. The SMILES string of the molecule is CC(O)CC1COCCN1c1ncccc1[N+](=O)[O-]. The Morgan fingerprint density at radius 3 is 3.21 bits per heavy atom. The number of morpholine rings is 1. The molecule has 7 nitrogen and oxygen atoms in total. The number of nitro groups is 1. The van der Waals surface area contributed by atoms with E-state index in [0.717, 1.165) is 0 Å². The molecule has 1 saturated heterocycles. The first-order valence-corrected chi connectivity index (χ1v) is 6.21. The highest BCUT2D eigenvalue weighted by Crippen LogP contribution is 2.28. The van der Waals surface area contributed by atoms with Crippen molar-refractivity contribution in [3.63, 3.8) is 0 Å². The van der Waals surface area contributed by atoms with Gasteiger partial charge < -0.3 is 14.7 Å². The monoisotopic (exact) mass is 267 g/mol. The Morgan fingerprint density at radius 2 is 2.53 bits per heavy atom. The van der Waals surface area contributed by atoms with E-state index in [1.807, 2.05) is 4.90 Å². The van der Waals surface area contributed by atoms with E-state index < -0.39 is 11.0 Å². The van der Waals surface area contributed by atoms with E-state index >= 15 is 0 Å². The molecule has 0 amide bonds. The van der Waals surface area contributed by atoms with Crippen LogP contribution in [0.4, 0.5) is 11.5 Å². The number of anilines is 1. The Labute approximate surface area is 111 Å². The van der Waals surface area contributed by atoms with Crippen LogP contribution in [-0.2, 0) is 4.74 Å². The number of hydrogen-bond acceptors (Lipinski definition) is 6. The molecule has 0 bridgehead atoms. The summed E-state index contributed by atoms with van der Waals surface area (Å²) >= 11 is 0. The zero-order valence-corrected chi connectivity index (χ0v) is 10.7. The van der Waals surface area contributed by atoms with E-state index in [4.69, 9.17) is 4.74 Å². The number of aromatic nitrogens is 1. The lowest BCUT2D eigenvalue weighted by Gasteiger charge is -2.36. The van der Waals surface area contributed by atoms with E-state index in [9.17, 15) is 15.2 Å². The summed E-state index contributed by atoms with van der Waals surface area (Å²) in [5, 5.41) is 20.6. The molecule has 2 rings (SSSR count). The molecule has 1 fully saturated rings. The number of aliphatic hydroxyl groups is 1. The van der Waals surface area contributed by atoms with E-state index in [1.165, 1.54) is 12.3 Å². The number of hydrogen-bond donors (Lipinski definition) is 1. The van der Waals surface area contributed by atoms with Crippen LogP contribution in [0.5, 0.6) is 0 Å². The van der Waals surface area contributed by atoms with Crippen LogP contribution in [-0.4, -0.2) is 46.9 Å². The molecule has 19 heavy (non-hydrogen) atoms. The third-order valence-electron chi connectivity index (χ3n) is 3.08. The van der Waals surface area contributed by atoms with Crippen LogP contribution in [0.15, 0.2) is 18.3 Å². The summed E-state index contributed by atoms with van der Waals surface area (Å²) in [7, 11) is 0. The second kappa shape index (κ2) is 5.94. The van der Waals surface area contributed by atoms with Gasteiger partial charge in [-0.05, 0) is 19.4 Å². The van der Waals surface area contributed by atoms with Crippen molar-refractivity contribution in [2.24, 2.45) is 0 Å². The summed E-state index contributed by atoms with van der Waals surface area (Å²) < 4.78 is 5.38. The van der Waals surface area contributed by atoms with Gasteiger partial charge in [-0.15, -0.1) is 0 Å². The Hall–Kier alpha value is -1.73. The van der Waals surface area contributed by atoms with Crippen molar-refractivity contribution in [1.29, 1.82) is 0 Å². The molecule has 1 aliphatic heterocycles. The summed E-state index contributed by atoms with van der Waals surface area (Å²) in [4.78, 5) is 16.6. The van der Waals surface area contributed by atoms with E-state index in [2.05, 4.69) is 4.98 Å². The van der Waals surface area contributed by atoms with Crippen LogP contribution >= 0.6 is 0 Å². The Morgan fingerprint density at radius 1 is 1.74 bits per heavy atom. The first-order chi connectivity index (χ1) is 9.09. The predicted molar refractivity (Wildman–Crippen MR) is 69.1 cm³/mol. The highest BCUT2D eigenvalue weighted by molar-refractivity contribution is 5.58. The molecule has 0 aromatic carbocycles. The van der Waals surface area contributed by atoms with Gasteiger partial charge in [-0.2, -0.15) is 0 Å². The number of aliphatic hydroxyl groups excluding tert-OH is 1. The maximum atomic E-state index is 11.1. The van der Waals surface area contributed by atoms with E-state index in [0.29, 0.717) is 32.0 Å². The maximum Gasteiger partial charge on any atom is 0.311 e. The molecule has 1 aromatic rings. The summed E-state index contributed by atoms with van der Waals surface area (Å²) in [6.45, 7) is 3.18. The quantitative estimate of drug-likeness (QED) is 0.645. The van der Waals surface area contributed by atoms with Gasteiger partial charge in [0.05, 0.1) is 30.3 Å². The van der Waals surface area contributed by atoms with Crippen molar-refractivity contribution in [2.45, 2.75) is 25.5 Å². The lowest BCUT2D eigenvalue weighted by atomic mass is 10.1. The molecule has 7 heteroatoms.